The van der Waals surface area contributed by atoms with Crippen LogP contribution < -0.4 is 15.7 Å². The van der Waals surface area contributed by atoms with Gasteiger partial charge in [-0.3, -0.25) is 20.4 Å². The average molecular weight is 845 g/mol. The highest BCUT2D eigenvalue weighted by molar-refractivity contribution is 6.09. The van der Waals surface area contributed by atoms with Gasteiger partial charge in [0.25, 0.3) is 0 Å². The summed E-state index contributed by atoms with van der Waals surface area (Å²) in [5.74, 6) is -2.85. The molecular weight excluding hydrogens is 814 g/mol. The normalized spacial score (nSPS) is 11.5. The first-order valence-electron chi connectivity index (χ1n) is 17.9. The van der Waals surface area contributed by atoms with Crippen LogP contribution in [-0.2, 0) is 21.8 Å². The van der Waals surface area contributed by atoms with Crippen LogP contribution in [0.5, 0.6) is 11.5 Å². The summed E-state index contributed by atoms with van der Waals surface area (Å²) in [6, 6.07) is 20.6. The van der Waals surface area contributed by atoms with Gasteiger partial charge in [0.05, 0.1) is 35.7 Å². The second kappa shape index (κ2) is 17.3. The van der Waals surface area contributed by atoms with Gasteiger partial charge in [0.2, 0.25) is 11.6 Å². The molecule has 0 atom stereocenters. The number of aromatic nitrogens is 4. The second-order valence-electron chi connectivity index (χ2n) is 12.7. The molecule has 0 bridgehead atoms. The van der Waals surface area contributed by atoms with Gasteiger partial charge in [-0.05, 0) is 123 Å². The van der Waals surface area contributed by atoms with Crippen molar-refractivity contribution in [3.05, 3.63) is 165 Å². The van der Waals surface area contributed by atoms with Crippen molar-refractivity contribution in [3.63, 3.8) is 0 Å². The lowest BCUT2D eigenvalue weighted by Gasteiger charge is -2.13. The summed E-state index contributed by atoms with van der Waals surface area (Å²) in [6.45, 7) is 2.94. The summed E-state index contributed by atoms with van der Waals surface area (Å²) in [7, 11) is 0. The fourth-order valence-electron chi connectivity index (χ4n) is 5.70. The van der Waals surface area contributed by atoms with Crippen molar-refractivity contribution in [1.29, 1.82) is 10.8 Å². The van der Waals surface area contributed by atoms with Gasteiger partial charge in [0, 0.05) is 11.1 Å². The quantitative estimate of drug-likeness (QED) is 0.0711. The number of esters is 2. The molecule has 0 unspecified atom stereocenters. The number of rotatable bonds is 12. The number of alkyl halides is 6. The zero-order chi connectivity index (χ0) is 44.2. The Balaban J connectivity index is 1.23. The minimum absolute atomic E-state index is 0.0279. The Hall–Kier alpha value is -7.70. The van der Waals surface area contributed by atoms with E-state index in [0.29, 0.717) is 0 Å². The van der Waals surface area contributed by atoms with Gasteiger partial charge >= 0.3 is 24.3 Å². The first-order valence-corrected chi connectivity index (χ1v) is 17.9. The van der Waals surface area contributed by atoms with E-state index in [1.807, 2.05) is 0 Å². The van der Waals surface area contributed by atoms with Crippen LogP contribution in [0.15, 0.2) is 109 Å². The van der Waals surface area contributed by atoms with E-state index in [1.165, 1.54) is 62.4 Å². The standard InChI is InChI=1S/C42H30F6N6O7/c1-3-59-39(57)31-21-33(51-53(37(31)49)27-13-9-25(10-14-27)41(43,44)45)35(55)23-5-17-29(18-6-23)61-30-19-7-24(8-20-30)36(56)34-22-32(40(58)60-4-2)38(50)54(52-34)28-15-11-26(12-16-28)42(46,47)48/h5-22,49-50H,3-4H2,1-2H3. The smallest absolute Gasteiger partial charge is 0.416 e. The molecule has 0 amide bonds. The lowest BCUT2D eigenvalue weighted by atomic mass is 10.1. The molecule has 4 aromatic carbocycles. The number of carbonyl (C=O) groups is 4. The number of hydrogen-bond acceptors (Lipinski definition) is 11. The van der Waals surface area contributed by atoms with Crippen molar-refractivity contribution in [2.75, 3.05) is 13.2 Å². The van der Waals surface area contributed by atoms with Crippen molar-refractivity contribution in [2.45, 2.75) is 26.2 Å². The van der Waals surface area contributed by atoms with Crippen molar-refractivity contribution >= 4 is 23.5 Å². The Morgan fingerprint density at radius 1 is 0.541 bits per heavy atom. The Bertz CT molecular complexity index is 2570. The molecule has 2 heterocycles. The monoisotopic (exact) mass is 844 g/mol. The molecule has 19 heteroatoms. The average Bonchev–Trinajstić information content (AvgIpc) is 3.23. The lowest BCUT2D eigenvalue weighted by Crippen LogP contribution is -2.30. The van der Waals surface area contributed by atoms with E-state index in [2.05, 4.69) is 10.2 Å². The molecule has 0 aliphatic carbocycles. The Morgan fingerprint density at radius 2 is 0.869 bits per heavy atom. The summed E-state index contributed by atoms with van der Waals surface area (Å²) >= 11 is 0. The Morgan fingerprint density at radius 3 is 1.16 bits per heavy atom. The van der Waals surface area contributed by atoms with Gasteiger partial charge in [-0.2, -0.15) is 36.5 Å². The van der Waals surface area contributed by atoms with Gasteiger partial charge in [0.1, 0.15) is 34.0 Å². The SMILES string of the molecule is CCOC(=O)c1cc(C(=O)c2ccc(Oc3ccc(C(=O)c4cc(C(=O)OCC)c(=N)n(-c5ccc(C(F)(F)F)cc5)n4)cc3)cc2)nn(-c2ccc(C(F)(F)F)cc2)c1=N. The van der Waals surface area contributed by atoms with Gasteiger partial charge in [-0.15, -0.1) is 0 Å². The first-order chi connectivity index (χ1) is 28.9. The molecule has 2 N–H and O–H groups in total. The predicted octanol–water partition coefficient (Wildman–Crippen LogP) is 7.66. The number of carbonyl (C=O) groups excluding carboxylic acids is 4. The van der Waals surface area contributed by atoms with Crippen LogP contribution in [-0.4, -0.2) is 56.3 Å². The third-order valence-corrected chi connectivity index (χ3v) is 8.71. The van der Waals surface area contributed by atoms with Gasteiger partial charge in [-0.1, -0.05) is 0 Å². The third kappa shape index (κ3) is 9.46. The lowest BCUT2D eigenvalue weighted by molar-refractivity contribution is -0.138. The molecule has 6 aromatic rings. The molecule has 6 rings (SSSR count). The van der Waals surface area contributed by atoms with E-state index < -0.39 is 58.0 Å². The van der Waals surface area contributed by atoms with Crippen LogP contribution in [0.1, 0.15) is 77.8 Å². The minimum atomic E-state index is -4.63. The van der Waals surface area contributed by atoms with Crippen LogP contribution in [0.4, 0.5) is 26.3 Å². The number of halogens is 6. The summed E-state index contributed by atoms with van der Waals surface area (Å²) in [4.78, 5) is 52.7. The van der Waals surface area contributed by atoms with Crippen molar-refractivity contribution < 1.29 is 59.7 Å². The van der Waals surface area contributed by atoms with Gasteiger partial charge < -0.3 is 14.2 Å². The number of nitrogens with zero attached hydrogens (tertiary/aromatic N) is 4. The van der Waals surface area contributed by atoms with Crippen molar-refractivity contribution in [3.8, 4) is 22.9 Å². The van der Waals surface area contributed by atoms with Gasteiger partial charge in [0.15, 0.2) is 11.0 Å². The molecule has 2 aromatic heterocycles. The number of nitrogens with one attached hydrogen (secondary N) is 2. The number of ether oxygens (including phenoxy) is 3. The molecule has 312 valence electrons. The molecule has 0 spiro atoms. The van der Waals surface area contributed by atoms with E-state index in [0.717, 1.165) is 70.0 Å². The largest absolute Gasteiger partial charge is 0.462 e. The van der Waals surface area contributed by atoms with Crippen LogP contribution in [0.25, 0.3) is 11.4 Å². The van der Waals surface area contributed by atoms with Crippen molar-refractivity contribution in [2.24, 2.45) is 0 Å². The van der Waals surface area contributed by atoms with Gasteiger partial charge in [-0.25, -0.2) is 19.0 Å². The number of benzene rings is 4. The predicted molar refractivity (Wildman–Crippen MR) is 201 cm³/mol. The van der Waals surface area contributed by atoms with E-state index in [4.69, 9.17) is 25.0 Å². The maximum absolute atomic E-state index is 13.6. The summed E-state index contributed by atoms with van der Waals surface area (Å²) < 4.78 is 96.8. The topological polar surface area (TPSA) is 179 Å². The van der Waals surface area contributed by atoms with Crippen LogP contribution >= 0.6 is 0 Å². The van der Waals surface area contributed by atoms with E-state index in [9.17, 15) is 45.5 Å². The highest BCUT2D eigenvalue weighted by atomic mass is 19.4. The van der Waals surface area contributed by atoms with E-state index >= 15 is 0 Å². The molecule has 0 fully saturated rings. The van der Waals surface area contributed by atoms with Crippen LogP contribution in [0.2, 0.25) is 0 Å². The third-order valence-electron chi connectivity index (χ3n) is 8.71. The van der Waals surface area contributed by atoms with E-state index in [-0.39, 0.29) is 69.7 Å². The summed E-state index contributed by atoms with van der Waals surface area (Å²) in [5.41, 5.74) is -4.26. The molecule has 13 nitrogen and oxygen atoms in total. The van der Waals surface area contributed by atoms with E-state index in [1.54, 1.807) is 0 Å². The Labute approximate surface area is 340 Å². The second-order valence-corrected chi connectivity index (χ2v) is 12.7. The zero-order valence-corrected chi connectivity index (χ0v) is 31.7. The first kappa shape index (κ1) is 42.9. The molecule has 61 heavy (non-hydrogen) atoms. The molecule has 0 aliphatic rings. The molecule has 0 saturated heterocycles. The zero-order valence-electron chi connectivity index (χ0n) is 31.7. The number of hydrogen-bond donors (Lipinski definition) is 2. The molecule has 0 aliphatic heterocycles. The highest BCUT2D eigenvalue weighted by Gasteiger charge is 2.31. The van der Waals surface area contributed by atoms with Crippen LogP contribution in [0.3, 0.4) is 0 Å². The van der Waals surface area contributed by atoms with Crippen molar-refractivity contribution in [1.82, 2.24) is 19.6 Å². The molecular formula is C42H30F6N6O7. The molecule has 0 radical (unpaired) electrons. The fourth-order valence-corrected chi connectivity index (χ4v) is 5.70. The molecule has 0 saturated carbocycles. The fraction of sp³-hybridized carbons (Fsp3) is 0.143. The summed E-state index contributed by atoms with van der Waals surface area (Å²) in [5, 5.41) is 25.3. The summed E-state index contributed by atoms with van der Waals surface area (Å²) in [6.07, 6.45) is -9.26. The Kier molecular flexibility index (Phi) is 12.1. The minimum Gasteiger partial charge on any atom is -0.462 e. The number of ketones is 2. The maximum Gasteiger partial charge on any atom is 0.416 e. The maximum atomic E-state index is 13.6. The highest BCUT2D eigenvalue weighted by Crippen LogP contribution is 2.31. The van der Waals surface area contributed by atoms with Crippen LogP contribution in [0, 0.1) is 10.8 Å².